The maximum atomic E-state index is 11.5. The van der Waals surface area contributed by atoms with Crippen molar-refractivity contribution in [3.8, 4) is 0 Å². The fourth-order valence-electron chi connectivity index (χ4n) is 3.82. The number of nitrogens with one attached hydrogen (secondary N) is 2. The van der Waals surface area contributed by atoms with E-state index in [4.69, 9.17) is 14.6 Å². The molecule has 2 saturated carbocycles. The Bertz CT molecular complexity index is 767. The van der Waals surface area contributed by atoms with Crippen LogP contribution in [0.1, 0.15) is 67.2 Å². The molecule has 13 nitrogen and oxygen atoms in total. The standard InChI is InChI=1S/C12H21NO5.C11H19NO5.Li.H2O/c1-12(2,3)18-11(16)13-8-5-7(6-9(8)14)10(15)17-4;1-11(2,3)17-10(16)12-7-4-6(9(14)15)5-8(7)13;;/h7-9,14H,5-6H2,1-4H3,(H,13,16);6-8,13H,4-5H2,1-3H3,(H,12,16)(H,14,15);;1H2/q;;+1;/p-1/t7-,8-,9-;6-,7-,8-;;/m11../s1. The van der Waals surface area contributed by atoms with Gasteiger partial charge in [-0.15, -0.1) is 0 Å². The average Bonchev–Trinajstić information content (AvgIpc) is 3.21. The van der Waals surface area contributed by atoms with E-state index >= 15 is 0 Å². The molecular formula is C23H41LiN2O11. The predicted octanol–water partition coefficient (Wildman–Crippen LogP) is -1.61. The van der Waals surface area contributed by atoms with Gasteiger partial charge in [0.2, 0.25) is 0 Å². The molecular weight excluding hydrogens is 487 g/mol. The summed E-state index contributed by atoms with van der Waals surface area (Å²) >= 11 is 0. The van der Waals surface area contributed by atoms with E-state index in [-0.39, 0.29) is 49.1 Å². The number of methoxy groups -OCH3 is 1. The smallest absolute Gasteiger partial charge is 0.870 e. The number of carbonyl (C=O) groups is 4. The fraction of sp³-hybridized carbons (Fsp3) is 0.826. The molecule has 0 saturated heterocycles. The maximum absolute atomic E-state index is 11.5. The Balaban J connectivity index is 0. The monoisotopic (exact) mass is 528 g/mol. The Hall–Kier alpha value is -2.04. The molecule has 6 N–H and O–H groups in total. The predicted molar refractivity (Wildman–Crippen MR) is 125 cm³/mol. The van der Waals surface area contributed by atoms with Crippen molar-refractivity contribution < 1.29 is 73.0 Å². The molecule has 2 aliphatic carbocycles. The van der Waals surface area contributed by atoms with Crippen molar-refractivity contribution in [2.45, 2.75) is 103 Å². The van der Waals surface area contributed by atoms with Crippen LogP contribution in [0.3, 0.4) is 0 Å². The number of aliphatic carboxylic acids is 1. The molecule has 2 amide bonds. The van der Waals surface area contributed by atoms with Gasteiger partial charge < -0.3 is 45.6 Å². The van der Waals surface area contributed by atoms with E-state index in [1.54, 1.807) is 41.5 Å². The normalized spacial score (nSPS) is 26.7. The fourth-order valence-corrected chi connectivity index (χ4v) is 3.82. The molecule has 210 valence electrons. The molecule has 0 heterocycles. The molecule has 0 aromatic carbocycles. The number of carboxylic acid groups (broad SMARTS) is 1. The number of hydrogen-bond donors (Lipinski definition) is 5. The van der Waals surface area contributed by atoms with Gasteiger partial charge in [0, 0.05) is 0 Å². The number of rotatable bonds is 4. The van der Waals surface area contributed by atoms with Crippen LogP contribution in [0, 0.1) is 11.8 Å². The zero-order chi connectivity index (χ0) is 27.1. The third-order valence-electron chi connectivity index (χ3n) is 5.35. The molecule has 14 heteroatoms. The Morgan fingerprint density at radius 1 is 0.730 bits per heavy atom. The summed E-state index contributed by atoms with van der Waals surface area (Å²) in [7, 11) is 1.31. The summed E-state index contributed by atoms with van der Waals surface area (Å²) in [6, 6.07) is -1.02. The second-order valence-corrected chi connectivity index (χ2v) is 10.8. The van der Waals surface area contributed by atoms with Crippen molar-refractivity contribution in [2.75, 3.05) is 7.11 Å². The summed E-state index contributed by atoms with van der Waals surface area (Å²) in [5.74, 6) is -2.28. The Kier molecular flexibility index (Phi) is 15.4. The summed E-state index contributed by atoms with van der Waals surface area (Å²) in [6.07, 6.45) is -1.74. The molecule has 0 aromatic rings. The number of alkyl carbamates (subject to hydrolysis) is 2. The van der Waals surface area contributed by atoms with Gasteiger partial charge in [-0.2, -0.15) is 0 Å². The van der Waals surface area contributed by atoms with Crippen LogP contribution in [0.2, 0.25) is 0 Å². The number of carboxylic acids is 1. The first-order valence-corrected chi connectivity index (χ1v) is 11.6. The number of aliphatic hydroxyl groups is 2. The number of aliphatic hydroxyl groups excluding tert-OH is 2. The number of esters is 1. The minimum atomic E-state index is -0.947. The zero-order valence-electron chi connectivity index (χ0n) is 22.9. The van der Waals surface area contributed by atoms with Gasteiger partial charge in [0.25, 0.3) is 0 Å². The molecule has 6 atom stereocenters. The number of amides is 2. The Morgan fingerprint density at radius 3 is 1.38 bits per heavy atom. The van der Waals surface area contributed by atoms with Gasteiger partial charge in [0.1, 0.15) is 11.2 Å². The molecule has 37 heavy (non-hydrogen) atoms. The first kappa shape index (κ1) is 37.1. The van der Waals surface area contributed by atoms with E-state index in [1.807, 2.05) is 0 Å². The van der Waals surface area contributed by atoms with Crippen LogP contribution in [-0.2, 0) is 23.8 Å². The first-order valence-electron chi connectivity index (χ1n) is 11.6. The largest absolute Gasteiger partial charge is 1.00 e. The molecule has 2 aliphatic rings. The molecule has 0 spiro atoms. The van der Waals surface area contributed by atoms with Gasteiger partial charge in [0.05, 0.1) is 43.2 Å². The van der Waals surface area contributed by atoms with Gasteiger partial charge in [-0.3, -0.25) is 9.59 Å². The van der Waals surface area contributed by atoms with E-state index in [9.17, 15) is 29.4 Å². The summed E-state index contributed by atoms with van der Waals surface area (Å²) in [6.45, 7) is 10.5. The van der Waals surface area contributed by atoms with E-state index in [0.717, 1.165) is 0 Å². The molecule has 0 radical (unpaired) electrons. The van der Waals surface area contributed by atoms with Crippen molar-refractivity contribution in [1.82, 2.24) is 10.6 Å². The molecule has 0 unspecified atom stereocenters. The van der Waals surface area contributed by atoms with Crippen LogP contribution >= 0.6 is 0 Å². The number of carbonyl (C=O) groups excluding carboxylic acids is 3. The first-order chi connectivity index (χ1) is 15.9. The van der Waals surface area contributed by atoms with Crippen molar-refractivity contribution in [1.29, 1.82) is 0 Å². The van der Waals surface area contributed by atoms with Crippen molar-refractivity contribution in [2.24, 2.45) is 11.8 Å². The Morgan fingerprint density at radius 2 is 1.08 bits per heavy atom. The topological polar surface area (TPSA) is 211 Å². The van der Waals surface area contributed by atoms with Gasteiger partial charge >= 0.3 is 43.0 Å². The second kappa shape index (κ2) is 15.4. The minimum absolute atomic E-state index is 0. The van der Waals surface area contributed by atoms with Gasteiger partial charge in [0.15, 0.2) is 0 Å². The second-order valence-electron chi connectivity index (χ2n) is 10.8. The van der Waals surface area contributed by atoms with Crippen molar-refractivity contribution in [3.63, 3.8) is 0 Å². The van der Waals surface area contributed by atoms with Gasteiger partial charge in [-0.25, -0.2) is 9.59 Å². The Labute approximate surface area is 229 Å². The maximum Gasteiger partial charge on any atom is 1.00 e. The van der Waals surface area contributed by atoms with Crippen LogP contribution in [0.5, 0.6) is 0 Å². The number of ether oxygens (including phenoxy) is 3. The molecule has 2 rings (SSSR count). The van der Waals surface area contributed by atoms with Crippen LogP contribution in [0.4, 0.5) is 9.59 Å². The van der Waals surface area contributed by atoms with Gasteiger partial charge in [-0.05, 0) is 67.2 Å². The minimum Gasteiger partial charge on any atom is -0.870 e. The number of hydrogen-bond acceptors (Lipinski definition) is 10. The van der Waals surface area contributed by atoms with Crippen molar-refractivity contribution >= 4 is 24.1 Å². The van der Waals surface area contributed by atoms with E-state index in [1.165, 1.54) is 7.11 Å². The summed E-state index contributed by atoms with van der Waals surface area (Å²) in [5, 5.41) is 33.3. The third-order valence-corrected chi connectivity index (χ3v) is 5.35. The van der Waals surface area contributed by atoms with E-state index in [2.05, 4.69) is 15.4 Å². The molecule has 0 bridgehead atoms. The average molecular weight is 529 g/mol. The molecule has 0 aromatic heterocycles. The third kappa shape index (κ3) is 13.9. The SMILES string of the molecule is CC(C)(C)OC(=O)N[C@@H]1C[C@@H](C(=O)O)C[C@H]1O.COC(=O)[C@H]1C[C@@H](O)[C@H](NC(=O)OC(C)(C)C)C1.[Li+].[OH-]. The van der Waals surface area contributed by atoms with Crippen molar-refractivity contribution in [3.05, 3.63) is 0 Å². The van der Waals surface area contributed by atoms with Crippen LogP contribution < -0.4 is 29.5 Å². The zero-order valence-corrected chi connectivity index (χ0v) is 22.9. The van der Waals surface area contributed by atoms with Gasteiger partial charge in [-0.1, -0.05) is 0 Å². The summed E-state index contributed by atoms with van der Waals surface area (Å²) in [5.41, 5.74) is -1.20. The van der Waals surface area contributed by atoms with Crippen LogP contribution in [0.15, 0.2) is 0 Å². The van der Waals surface area contributed by atoms with E-state index < -0.39 is 59.6 Å². The quantitative estimate of drug-likeness (QED) is 0.159. The molecule has 0 aliphatic heterocycles. The van der Waals surface area contributed by atoms with E-state index in [0.29, 0.717) is 12.8 Å². The summed E-state index contributed by atoms with van der Waals surface area (Å²) < 4.78 is 14.8. The van der Waals surface area contributed by atoms with Crippen LogP contribution in [-0.4, -0.2) is 87.5 Å². The molecule has 2 fully saturated rings. The summed E-state index contributed by atoms with van der Waals surface area (Å²) in [4.78, 5) is 45.1. The van der Waals surface area contributed by atoms with Crippen LogP contribution in [0.25, 0.3) is 0 Å².